The lowest BCUT2D eigenvalue weighted by atomic mass is 10.0. The van der Waals surface area contributed by atoms with Gasteiger partial charge in [-0.1, -0.05) is 12.1 Å². The zero-order valence-electron chi connectivity index (χ0n) is 13.4. The molecule has 0 bridgehead atoms. The highest BCUT2D eigenvalue weighted by molar-refractivity contribution is 5.86. The lowest BCUT2D eigenvalue weighted by Gasteiger charge is -2.32. The van der Waals surface area contributed by atoms with E-state index >= 15 is 0 Å². The van der Waals surface area contributed by atoms with Crippen molar-refractivity contribution in [3.05, 3.63) is 53.4 Å². The molecule has 2 aromatic rings. The monoisotopic (exact) mass is 349 g/mol. The summed E-state index contributed by atoms with van der Waals surface area (Å²) in [6.45, 7) is 0.922. The van der Waals surface area contributed by atoms with Gasteiger partial charge in [-0.2, -0.15) is 5.10 Å². The van der Waals surface area contributed by atoms with Crippen LogP contribution in [0.4, 0.5) is 8.78 Å². The summed E-state index contributed by atoms with van der Waals surface area (Å²) in [7, 11) is 0. The van der Waals surface area contributed by atoms with Crippen LogP contribution in [0, 0.1) is 11.6 Å². The molecule has 1 saturated heterocycles. The first-order valence-corrected chi connectivity index (χ1v) is 7.94. The lowest BCUT2D eigenvalue weighted by Crippen LogP contribution is -2.40. The summed E-state index contributed by atoms with van der Waals surface area (Å²) in [5.41, 5.74) is 0.172. The molecule has 1 fully saturated rings. The number of aromatic carboxylic acids is 1. The highest BCUT2D eigenvalue weighted by Gasteiger charge is 2.25. The largest absolute Gasteiger partial charge is 0.478 e. The third kappa shape index (κ3) is 3.67. The number of carboxylic acids is 1. The van der Waals surface area contributed by atoms with Crippen LogP contribution in [0.2, 0.25) is 0 Å². The Morgan fingerprint density at radius 3 is 2.60 bits per heavy atom. The smallest absolute Gasteiger partial charge is 0.338 e. The zero-order valence-corrected chi connectivity index (χ0v) is 13.4. The Balaban J connectivity index is 1.58. The number of carbonyl (C=O) groups excluding carboxylic acids is 1. The Labute approximate surface area is 142 Å². The van der Waals surface area contributed by atoms with Crippen LogP contribution in [0.25, 0.3) is 0 Å². The molecule has 0 saturated carbocycles. The molecule has 6 nitrogen and oxygen atoms in total. The highest BCUT2D eigenvalue weighted by Crippen LogP contribution is 2.23. The van der Waals surface area contributed by atoms with Crippen molar-refractivity contribution < 1.29 is 23.5 Å². The number of likely N-dealkylation sites (tertiary alicyclic amines) is 1. The van der Waals surface area contributed by atoms with Crippen molar-refractivity contribution in [2.75, 3.05) is 13.1 Å². The van der Waals surface area contributed by atoms with Crippen molar-refractivity contribution in [1.82, 2.24) is 14.7 Å². The Morgan fingerprint density at radius 2 is 1.96 bits per heavy atom. The summed E-state index contributed by atoms with van der Waals surface area (Å²) in [4.78, 5) is 24.8. The van der Waals surface area contributed by atoms with E-state index in [9.17, 15) is 18.4 Å². The summed E-state index contributed by atoms with van der Waals surface area (Å²) in [6.07, 6.45) is 3.84. The van der Waals surface area contributed by atoms with Gasteiger partial charge in [-0.15, -0.1) is 0 Å². The number of carbonyl (C=O) groups is 2. The average Bonchev–Trinajstić information content (AvgIpc) is 3.09. The number of halogens is 2. The summed E-state index contributed by atoms with van der Waals surface area (Å²) in [5.74, 6) is -3.23. The van der Waals surface area contributed by atoms with Gasteiger partial charge in [0.05, 0.1) is 24.2 Å². The first kappa shape index (κ1) is 17.1. The van der Waals surface area contributed by atoms with Gasteiger partial charge in [0.2, 0.25) is 5.91 Å². The summed E-state index contributed by atoms with van der Waals surface area (Å²) in [5, 5.41) is 13.0. The third-order valence-corrected chi connectivity index (χ3v) is 4.41. The second-order valence-corrected chi connectivity index (χ2v) is 6.02. The Hall–Kier alpha value is -2.77. The maximum atomic E-state index is 13.7. The van der Waals surface area contributed by atoms with Crippen molar-refractivity contribution in [2.45, 2.75) is 25.3 Å². The topological polar surface area (TPSA) is 75.4 Å². The van der Waals surface area contributed by atoms with E-state index < -0.39 is 17.6 Å². The van der Waals surface area contributed by atoms with Gasteiger partial charge in [0, 0.05) is 24.8 Å². The second kappa shape index (κ2) is 7.00. The van der Waals surface area contributed by atoms with E-state index in [2.05, 4.69) is 5.10 Å². The molecule has 0 atom stereocenters. The van der Waals surface area contributed by atoms with Gasteiger partial charge in [-0.05, 0) is 18.9 Å². The Kier molecular flexibility index (Phi) is 4.78. The van der Waals surface area contributed by atoms with Crippen LogP contribution in [0.15, 0.2) is 30.6 Å². The van der Waals surface area contributed by atoms with Crippen LogP contribution < -0.4 is 0 Å². The van der Waals surface area contributed by atoms with Crippen LogP contribution in [-0.2, 0) is 11.2 Å². The molecule has 2 heterocycles. The average molecular weight is 349 g/mol. The van der Waals surface area contributed by atoms with Crippen LogP contribution in [-0.4, -0.2) is 44.8 Å². The van der Waals surface area contributed by atoms with Crippen molar-refractivity contribution in [3.8, 4) is 0 Å². The molecule has 0 spiro atoms. The molecule has 0 radical (unpaired) electrons. The molecule has 3 rings (SSSR count). The molecule has 1 aliphatic heterocycles. The number of amides is 1. The van der Waals surface area contributed by atoms with E-state index in [1.54, 1.807) is 9.58 Å². The Bertz CT molecular complexity index is 798. The quantitative estimate of drug-likeness (QED) is 0.919. The molecule has 0 unspecified atom stereocenters. The number of piperidine rings is 1. The molecule has 1 aromatic heterocycles. The van der Waals surface area contributed by atoms with E-state index in [-0.39, 0.29) is 29.5 Å². The predicted octanol–water partition coefficient (Wildman–Crippen LogP) is 2.27. The van der Waals surface area contributed by atoms with Crippen LogP contribution in [0.3, 0.4) is 0 Å². The van der Waals surface area contributed by atoms with Crippen LogP contribution in [0.5, 0.6) is 0 Å². The zero-order chi connectivity index (χ0) is 18.0. The fraction of sp³-hybridized carbons (Fsp3) is 0.353. The second-order valence-electron chi connectivity index (χ2n) is 6.02. The molecule has 1 aromatic carbocycles. The molecular weight excluding hydrogens is 332 g/mol. The number of hydrogen-bond donors (Lipinski definition) is 1. The fourth-order valence-corrected chi connectivity index (χ4v) is 2.99. The van der Waals surface area contributed by atoms with Gasteiger partial charge in [0.1, 0.15) is 0 Å². The fourth-order valence-electron chi connectivity index (χ4n) is 2.99. The minimum atomic E-state index is -1.03. The summed E-state index contributed by atoms with van der Waals surface area (Å²) < 4.78 is 28.5. The molecule has 1 aliphatic rings. The first-order chi connectivity index (χ1) is 12.0. The van der Waals surface area contributed by atoms with E-state index in [4.69, 9.17) is 5.11 Å². The predicted molar refractivity (Wildman–Crippen MR) is 84.1 cm³/mol. The standard InChI is InChI=1S/C17H17F2N3O3/c18-14-3-1-2-11(16(14)19)8-15(23)21-6-4-13(5-7-21)22-10-12(9-20-22)17(24)25/h1-3,9-10,13H,4-8H2,(H,24,25). The van der Waals surface area contributed by atoms with Gasteiger partial charge >= 0.3 is 5.97 Å². The maximum Gasteiger partial charge on any atom is 0.338 e. The van der Waals surface area contributed by atoms with Crippen molar-refractivity contribution in [2.24, 2.45) is 0 Å². The third-order valence-electron chi connectivity index (χ3n) is 4.41. The van der Waals surface area contributed by atoms with Gasteiger partial charge < -0.3 is 10.0 Å². The van der Waals surface area contributed by atoms with Crippen LogP contribution in [0.1, 0.15) is 34.8 Å². The molecule has 25 heavy (non-hydrogen) atoms. The summed E-state index contributed by atoms with van der Waals surface area (Å²) in [6, 6.07) is 3.82. The maximum absolute atomic E-state index is 13.7. The number of aromatic nitrogens is 2. The normalized spacial score (nSPS) is 15.4. The van der Waals surface area contributed by atoms with E-state index in [1.807, 2.05) is 0 Å². The molecule has 0 aliphatic carbocycles. The minimum absolute atomic E-state index is 0.0167. The van der Waals surface area contributed by atoms with Crippen molar-refractivity contribution in [1.29, 1.82) is 0 Å². The molecule has 8 heteroatoms. The molecule has 1 amide bonds. The summed E-state index contributed by atoms with van der Waals surface area (Å²) >= 11 is 0. The molecular formula is C17H17F2N3O3. The van der Waals surface area contributed by atoms with E-state index in [0.717, 1.165) is 6.07 Å². The number of nitrogens with zero attached hydrogens (tertiary/aromatic N) is 3. The number of hydrogen-bond acceptors (Lipinski definition) is 3. The number of carboxylic acid groups (broad SMARTS) is 1. The molecule has 1 N–H and O–H groups in total. The van der Waals surface area contributed by atoms with E-state index in [0.29, 0.717) is 25.9 Å². The van der Waals surface area contributed by atoms with Gasteiger partial charge in [0.25, 0.3) is 0 Å². The lowest BCUT2D eigenvalue weighted by molar-refractivity contribution is -0.131. The number of rotatable bonds is 4. The van der Waals surface area contributed by atoms with Gasteiger partial charge in [-0.25, -0.2) is 13.6 Å². The van der Waals surface area contributed by atoms with Gasteiger partial charge in [-0.3, -0.25) is 9.48 Å². The van der Waals surface area contributed by atoms with Crippen molar-refractivity contribution in [3.63, 3.8) is 0 Å². The van der Waals surface area contributed by atoms with Gasteiger partial charge in [0.15, 0.2) is 11.6 Å². The minimum Gasteiger partial charge on any atom is -0.478 e. The highest BCUT2D eigenvalue weighted by atomic mass is 19.2. The van der Waals surface area contributed by atoms with Crippen LogP contribution >= 0.6 is 0 Å². The molecule has 132 valence electrons. The Morgan fingerprint density at radius 1 is 1.24 bits per heavy atom. The first-order valence-electron chi connectivity index (χ1n) is 7.94. The SMILES string of the molecule is O=C(O)c1cnn(C2CCN(C(=O)Cc3cccc(F)c3F)CC2)c1. The number of benzene rings is 1. The van der Waals surface area contributed by atoms with E-state index in [1.165, 1.54) is 24.5 Å². The van der Waals surface area contributed by atoms with Crippen molar-refractivity contribution >= 4 is 11.9 Å².